The molecule has 0 saturated heterocycles. The number of hydrogen-bond acceptors (Lipinski definition) is 1. The quantitative estimate of drug-likeness (QED) is 0.859. The van der Waals surface area contributed by atoms with E-state index in [4.69, 9.17) is 5.11 Å². The number of aromatic nitrogens is 1. The Hall–Kier alpha value is -1.55. The highest BCUT2D eigenvalue weighted by Crippen LogP contribution is 2.25. The van der Waals surface area contributed by atoms with Gasteiger partial charge in [-0.1, -0.05) is 15.9 Å². The van der Waals surface area contributed by atoms with Gasteiger partial charge in [-0.2, -0.15) is 0 Å². The van der Waals surface area contributed by atoms with Crippen LogP contribution in [0.25, 0.3) is 17.0 Å². The normalized spacial score (nSPS) is 11.4. The largest absolute Gasteiger partial charge is 0.478 e. The smallest absolute Gasteiger partial charge is 0.328 e. The molecular weight excluding hydrogens is 270 g/mol. The molecule has 2 aromatic rings. The molecule has 1 N–H and O–H groups in total. The summed E-state index contributed by atoms with van der Waals surface area (Å²) in [5.74, 6) is -0.938. The molecule has 1 aromatic heterocycles. The molecule has 0 unspecified atom stereocenters. The van der Waals surface area contributed by atoms with Crippen LogP contribution < -0.4 is 0 Å². The molecule has 4 heteroatoms. The molecule has 0 radical (unpaired) electrons. The van der Waals surface area contributed by atoms with Crippen molar-refractivity contribution in [3.8, 4) is 0 Å². The zero-order valence-electron chi connectivity index (χ0n) is 8.64. The number of aryl methyl sites for hydroxylation is 1. The van der Waals surface area contributed by atoms with Crippen LogP contribution in [0, 0.1) is 0 Å². The van der Waals surface area contributed by atoms with Gasteiger partial charge in [-0.15, -0.1) is 0 Å². The minimum Gasteiger partial charge on any atom is -0.478 e. The number of hydrogen-bond donors (Lipinski definition) is 1. The summed E-state index contributed by atoms with van der Waals surface area (Å²) in [7, 11) is 1.94. The summed E-state index contributed by atoms with van der Waals surface area (Å²) < 4.78 is 2.96. The lowest BCUT2D eigenvalue weighted by molar-refractivity contribution is -0.131. The molecule has 1 aromatic carbocycles. The van der Waals surface area contributed by atoms with Crippen LogP contribution in [0.15, 0.2) is 34.9 Å². The molecule has 0 spiro atoms. The van der Waals surface area contributed by atoms with Gasteiger partial charge in [0.2, 0.25) is 0 Å². The molecule has 16 heavy (non-hydrogen) atoms. The lowest BCUT2D eigenvalue weighted by Gasteiger charge is -1.95. The lowest BCUT2D eigenvalue weighted by Crippen LogP contribution is -1.85. The van der Waals surface area contributed by atoms with Gasteiger partial charge in [0.15, 0.2) is 0 Å². The van der Waals surface area contributed by atoms with E-state index in [1.807, 2.05) is 36.0 Å². The number of carboxylic acids is 1. The van der Waals surface area contributed by atoms with E-state index in [9.17, 15) is 4.79 Å². The van der Waals surface area contributed by atoms with Gasteiger partial charge < -0.3 is 9.67 Å². The molecule has 2 rings (SSSR count). The molecule has 0 atom stereocenters. The zero-order valence-corrected chi connectivity index (χ0v) is 10.2. The van der Waals surface area contributed by atoms with Crippen molar-refractivity contribution >= 4 is 38.9 Å². The Kier molecular flexibility index (Phi) is 2.83. The fraction of sp³-hybridized carbons (Fsp3) is 0.0833. The summed E-state index contributed by atoms with van der Waals surface area (Å²) in [5, 5.41) is 9.64. The van der Waals surface area contributed by atoms with Crippen LogP contribution in [0.2, 0.25) is 0 Å². The van der Waals surface area contributed by atoms with E-state index in [2.05, 4.69) is 15.9 Å². The predicted octanol–water partition coefficient (Wildman–Crippen LogP) is 3.04. The van der Waals surface area contributed by atoms with Gasteiger partial charge in [0.05, 0.1) is 0 Å². The molecule has 0 aliphatic rings. The van der Waals surface area contributed by atoms with Crippen molar-refractivity contribution in [3.63, 3.8) is 0 Å². The number of carboxylic acid groups (broad SMARTS) is 1. The maximum absolute atomic E-state index is 10.5. The van der Waals surface area contributed by atoms with Gasteiger partial charge >= 0.3 is 5.97 Å². The van der Waals surface area contributed by atoms with Crippen LogP contribution in [0.5, 0.6) is 0 Å². The SMILES string of the molecule is Cn1cc(/C=C/C(=O)O)c2cc(Br)ccc21. The second-order valence-corrected chi connectivity index (χ2v) is 4.44. The summed E-state index contributed by atoms with van der Waals surface area (Å²) in [6.07, 6.45) is 4.67. The maximum atomic E-state index is 10.5. The van der Waals surface area contributed by atoms with E-state index in [0.717, 1.165) is 27.0 Å². The third kappa shape index (κ3) is 2.02. The van der Waals surface area contributed by atoms with Gasteiger partial charge in [-0.05, 0) is 24.3 Å². The lowest BCUT2D eigenvalue weighted by atomic mass is 10.1. The first-order chi connectivity index (χ1) is 7.58. The van der Waals surface area contributed by atoms with E-state index in [0.29, 0.717) is 0 Å². The Balaban J connectivity index is 2.61. The van der Waals surface area contributed by atoms with Gasteiger partial charge in [-0.3, -0.25) is 0 Å². The summed E-state index contributed by atoms with van der Waals surface area (Å²) >= 11 is 3.41. The second kappa shape index (κ2) is 4.14. The van der Waals surface area contributed by atoms with Crippen molar-refractivity contribution in [1.82, 2.24) is 4.57 Å². The molecule has 0 aliphatic carbocycles. The van der Waals surface area contributed by atoms with Crippen LogP contribution >= 0.6 is 15.9 Å². The fourth-order valence-corrected chi connectivity index (χ4v) is 2.05. The van der Waals surface area contributed by atoms with Gasteiger partial charge in [0.25, 0.3) is 0 Å². The zero-order chi connectivity index (χ0) is 11.7. The molecule has 0 amide bonds. The molecule has 0 bridgehead atoms. The average Bonchev–Trinajstić information content (AvgIpc) is 2.52. The molecule has 82 valence electrons. The highest BCUT2D eigenvalue weighted by molar-refractivity contribution is 9.10. The number of rotatable bonds is 2. The molecule has 0 fully saturated rings. The minimum absolute atomic E-state index is 0.904. The van der Waals surface area contributed by atoms with E-state index in [1.165, 1.54) is 0 Å². The standard InChI is InChI=1S/C12H10BrNO2/c1-14-7-8(2-5-12(15)16)10-6-9(13)3-4-11(10)14/h2-7H,1H3,(H,15,16)/b5-2+. The number of carbonyl (C=O) groups is 1. The monoisotopic (exact) mass is 279 g/mol. The van der Waals surface area contributed by atoms with Crippen molar-refractivity contribution in [3.05, 3.63) is 40.5 Å². The molecule has 0 saturated carbocycles. The topological polar surface area (TPSA) is 42.2 Å². The van der Waals surface area contributed by atoms with Crippen LogP contribution in [-0.2, 0) is 11.8 Å². The maximum Gasteiger partial charge on any atom is 0.328 e. The Morgan fingerprint density at radius 3 is 2.94 bits per heavy atom. The van der Waals surface area contributed by atoms with Crippen molar-refractivity contribution in [2.75, 3.05) is 0 Å². The summed E-state index contributed by atoms with van der Waals surface area (Å²) in [4.78, 5) is 10.5. The third-order valence-corrected chi connectivity index (χ3v) is 2.88. The van der Waals surface area contributed by atoms with Crippen LogP contribution in [0.1, 0.15) is 5.56 Å². The molecule has 0 aliphatic heterocycles. The molecule has 3 nitrogen and oxygen atoms in total. The van der Waals surface area contributed by atoms with Crippen molar-refractivity contribution in [2.45, 2.75) is 0 Å². The second-order valence-electron chi connectivity index (χ2n) is 3.53. The first-order valence-corrected chi connectivity index (χ1v) is 5.53. The summed E-state index contributed by atoms with van der Waals surface area (Å²) in [6.45, 7) is 0. The van der Waals surface area contributed by atoms with E-state index in [-0.39, 0.29) is 0 Å². The minimum atomic E-state index is -0.938. The van der Waals surface area contributed by atoms with Gasteiger partial charge in [-0.25, -0.2) is 4.79 Å². The van der Waals surface area contributed by atoms with Crippen LogP contribution in [0.4, 0.5) is 0 Å². The van der Waals surface area contributed by atoms with E-state index >= 15 is 0 Å². The fourth-order valence-electron chi connectivity index (χ4n) is 1.69. The first kappa shape index (κ1) is 11.0. The molecule has 1 heterocycles. The predicted molar refractivity (Wildman–Crippen MR) is 67.3 cm³/mol. The number of nitrogens with zero attached hydrogens (tertiary/aromatic N) is 1. The molecular formula is C12H10BrNO2. The highest BCUT2D eigenvalue weighted by Gasteiger charge is 2.04. The van der Waals surface area contributed by atoms with Crippen molar-refractivity contribution in [1.29, 1.82) is 0 Å². The van der Waals surface area contributed by atoms with Crippen molar-refractivity contribution in [2.24, 2.45) is 7.05 Å². The summed E-state index contributed by atoms with van der Waals surface area (Å²) in [6, 6.07) is 5.95. The Bertz CT molecular complexity index is 584. The number of fused-ring (bicyclic) bond motifs is 1. The number of benzene rings is 1. The van der Waals surface area contributed by atoms with E-state index < -0.39 is 5.97 Å². The Morgan fingerprint density at radius 2 is 2.25 bits per heavy atom. The van der Waals surface area contributed by atoms with Gasteiger partial charge in [0.1, 0.15) is 0 Å². The Labute approximate surface area is 101 Å². The van der Waals surface area contributed by atoms with Crippen LogP contribution in [-0.4, -0.2) is 15.6 Å². The third-order valence-electron chi connectivity index (χ3n) is 2.39. The first-order valence-electron chi connectivity index (χ1n) is 4.73. The Morgan fingerprint density at radius 1 is 1.50 bits per heavy atom. The highest BCUT2D eigenvalue weighted by atomic mass is 79.9. The number of halogens is 1. The number of aliphatic carboxylic acids is 1. The van der Waals surface area contributed by atoms with Gasteiger partial charge in [0, 0.05) is 40.3 Å². The average molecular weight is 280 g/mol. The summed E-state index contributed by atoms with van der Waals surface area (Å²) in [5.41, 5.74) is 1.98. The van der Waals surface area contributed by atoms with Crippen molar-refractivity contribution < 1.29 is 9.90 Å². The van der Waals surface area contributed by atoms with Crippen LogP contribution in [0.3, 0.4) is 0 Å². The van der Waals surface area contributed by atoms with E-state index in [1.54, 1.807) is 6.08 Å².